The predicted octanol–water partition coefficient (Wildman–Crippen LogP) is -0.358. The van der Waals surface area contributed by atoms with Crippen molar-refractivity contribution in [1.29, 1.82) is 0 Å². The largest absolute Gasteiger partial charge is 0.382 e. The Morgan fingerprint density at radius 2 is 2.25 bits per heavy atom. The van der Waals surface area contributed by atoms with Gasteiger partial charge in [-0.15, -0.1) is 0 Å². The maximum atomic E-state index is 10.1. The number of oxime groups is 1. The monoisotopic (exact) mass is 173 g/mol. The van der Waals surface area contributed by atoms with Crippen molar-refractivity contribution in [2.24, 2.45) is 5.16 Å². The average Bonchev–Trinajstić information content (AvgIpc) is 2.04. The van der Waals surface area contributed by atoms with Crippen molar-refractivity contribution in [3.05, 3.63) is 0 Å². The molecule has 0 saturated heterocycles. The molecule has 0 radical (unpaired) electrons. The van der Waals surface area contributed by atoms with Crippen LogP contribution < -0.4 is 5.32 Å². The summed E-state index contributed by atoms with van der Waals surface area (Å²) < 4.78 is 0. The Labute approximate surface area is 72.4 Å². The lowest BCUT2D eigenvalue weighted by Gasteiger charge is -2.14. The minimum Gasteiger partial charge on any atom is -0.382 e. The quantitative estimate of drug-likeness (QED) is 0.274. The molecule has 0 aromatic heterocycles. The van der Waals surface area contributed by atoms with E-state index in [0.717, 1.165) is 0 Å². The second-order valence-electron chi connectivity index (χ2n) is 2.51. The second-order valence-corrected chi connectivity index (χ2v) is 2.51. The lowest BCUT2D eigenvalue weighted by Crippen LogP contribution is -2.34. The van der Waals surface area contributed by atoms with E-state index < -0.39 is 6.10 Å². The van der Waals surface area contributed by atoms with E-state index in [1.165, 1.54) is 0 Å². The smallest absolute Gasteiger partial charge is 0.235 e. The van der Waals surface area contributed by atoms with Crippen LogP contribution in [0.1, 0.15) is 6.92 Å². The minimum absolute atomic E-state index is 0.506. The van der Waals surface area contributed by atoms with Gasteiger partial charge in [0.2, 0.25) is 5.96 Å². The lowest BCUT2D eigenvalue weighted by molar-refractivity contribution is -0.117. The molecule has 0 spiro atoms. The van der Waals surface area contributed by atoms with E-state index in [1.54, 1.807) is 18.9 Å². The highest BCUT2D eigenvalue weighted by molar-refractivity contribution is 5.78. The summed E-state index contributed by atoms with van der Waals surface area (Å²) in [5, 5.41) is 6.53. The van der Waals surface area contributed by atoms with Gasteiger partial charge in [-0.05, 0) is 12.1 Å². The molecule has 1 N–H and O–H groups in total. The zero-order valence-corrected chi connectivity index (χ0v) is 7.87. The number of carbonyl (C=O) groups is 1. The van der Waals surface area contributed by atoms with Gasteiger partial charge in [0.1, 0.15) is 0 Å². The van der Waals surface area contributed by atoms with Crippen molar-refractivity contribution < 1.29 is 9.63 Å². The van der Waals surface area contributed by atoms with Crippen LogP contribution in [0, 0.1) is 0 Å². The first-order chi connectivity index (χ1) is 5.61. The lowest BCUT2D eigenvalue weighted by atomic mass is 10.5. The molecular formula is C7H15N3O2. The molecule has 0 rings (SSSR count). The fraction of sp³-hybridized carbons (Fsp3) is 0.714. The molecular weight excluding hydrogens is 158 g/mol. The molecule has 70 valence electrons. The molecule has 0 saturated carbocycles. The third kappa shape index (κ3) is 3.80. The molecule has 1 unspecified atom stereocenters. The number of aldehydes is 1. The predicted molar refractivity (Wildman–Crippen MR) is 46.8 cm³/mol. The molecule has 0 aromatic carbocycles. The van der Waals surface area contributed by atoms with Crippen molar-refractivity contribution in [2.75, 3.05) is 21.1 Å². The van der Waals surface area contributed by atoms with E-state index in [2.05, 4.69) is 10.5 Å². The van der Waals surface area contributed by atoms with Crippen LogP contribution in [-0.2, 0) is 9.63 Å². The maximum Gasteiger partial charge on any atom is 0.235 e. The Hall–Kier alpha value is -1.26. The molecule has 0 bridgehead atoms. The summed E-state index contributed by atoms with van der Waals surface area (Å²) in [5.74, 6) is 0.573. The fourth-order valence-corrected chi connectivity index (χ4v) is 0.509. The molecule has 5 heteroatoms. The van der Waals surface area contributed by atoms with Crippen molar-refractivity contribution in [2.45, 2.75) is 13.0 Å². The number of rotatable bonds is 3. The first-order valence-corrected chi connectivity index (χ1v) is 3.66. The third-order valence-corrected chi connectivity index (χ3v) is 1.14. The van der Waals surface area contributed by atoms with Crippen molar-refractivity contribution in [3.63, 3.8) is 0 Å². The van der Waals surface area contributed by atoms with Crippen LogP contribution in [0.2, 0.25) is 0 Å². The first-order valence-electron chi connectivity index (χ1n) is 3.66. The van der Waals surface area contributed by atoms with Gasteiger partial charge >= 0.3 is 0 Å². The van der Waals surface area contributed by atoms with Gasteiger partial charge < -0.3 is 15.1 Å². The average molecular weight is 173 g/mol. The van der Waals surface area contributed by atoms with Crippen LogP contribution in [0.4, 0.5) is 0 Å². The van der Waals surface area contributed by atoms with Crippen LogP contribution in [0.15, 0.2) is 5.16 Å². The molecule has 0 heterocycles. The summed E-state index contributed by atoms with van der Waals surface area (Å²) in [6.07, 6.45) is 0.181. The highest BCUT2D eigenvalue weighted by Crippen LogP contribution is 1.88. The summed E-state index contributed by atoms with van der Waals surface area (Å²) in [6.45, 7) is 1.62. The summed E-state index contributed by atoms with van der Waals surface area (Å²) >= 11 is 0. The molecule has 0 aliphatic rings. The molecule has 0 aliphatic heterocycles. The zero-order valence-electron chi connectivity index (χ0n) is 7.87. The summed E-state index contributed by atoms with van der Waals surface area (Å²) in [7, 11) is 5.38. The Balaban J connectivity index is 4.02. The zero-order chi connectivity index (χ0) is 9.56. The van der Waals surface area contributed by atoms with E-state index in [4.69, 9.17) is 4.84 Å². The maximum absolute atomic E-state index is 10.1. The highest BCUT2D eigenvalue weighted by atomic mass is 16.6. The SMILES string of the molecule is CN/C(=N\OC(C)C=O)N(C)C. The Morgan fingerprint density at radius 1 is 1.67 bits per heavy atom. The third-order valence-electron chi connectivity index (χ3n) is 1.14. The van der Waals surface area contributed by atoms with Crippen molar-refractivity contribution in [3.8, 4) is 0 Å². The van der Waals surface area contributed by atoms with Gasteiger partial charge in [-0.1, -0.05) is 0 Å². The van der Waals surface area contributed by atoms with E-state index >= 15 is 0 Å². The first kappa shape index (κ1) is 10.7. The van der Waals surface area contributed by atoms with Gasteiger partial charge in [0.05, 0.1) is 0 Å². The van der Waals surface area contributed by atoms with E-state index in [1.807, 2.05) is 14.1 Å². The van der Waals surface area contributed by atoms with Crippen LogP contribution in [0.3, 0.4) is 0 Å². The molecule has 12 heavy (non-hydrogen) atoms. The highest BCUT2D eigenvalue weighted by Gasteiger charge is 2.01. The second kappa shape index (κ2) is 5.40. The molecule has 0 aliphatic carbocycles. The molecule has 0 aromatic rings. The standard InChI is InChI=1S/C7H15N3O2/c1-6(5-11)12-9-7(8-2)10(3)4/h5-6H,1-4H3,(H,8,9). The van der Waals surface area contributed by atoms with Crippen LogP contribution >= 0.6 is 0 Å². The van der Waals surface area contributed by atoms with Crippen LogP contribution in [-0.4, -0.2) is 44.4 Å². The van der Waals surface area contributed by atoms with Crippen LogP contribution in [0.5, 0.6) is 0 Å². The Kier molecular flexibility index (Phi) is 4.83. The number of hydrogen-bond acceptors (Lipinski definition) is 3. The Morgan fingerprint density at radius 3 is 2.58 bits per heavy atom. The van der Waals surface area contributed by atoms with E-state index in [-0.39, 0.29) is 0 Å². The summed E-state index contributed by atoms with van der Waals surface area (Å²) in [6, 6.07) is 0. The van der Waals surface area contributed by atoms with Crippen LogP contribution in [0.25, 0.3) is 0 Å². The van der Waals surface area contributed by atoms with E-state index in [0.29, 0.717) is 12.2 Å². The van der Waals surface area contributed by atoms with Crippen molar-refractivity contribution >= 4 is 12.2 Å². The van der Waals surface area contributed by atoms with Gasteiger partial charge in [0.25, 0.3) is 0 Å². The number of guanidine groups is 1. The molecule has 0 amide bonds. The Bertz CT molecular complexity index is 168. The summed E-state index contributed by atoms with van der Waals surface area (Å²) in [4.78, 5) is 16.7. The summed E-state index contributed by atoms with van der Waals surface area (Å²) in [5.41, 5.74) is 0. The van der Waals surface area contributed by atoms with Gasteiger partial charge in [-0.25, -0.2) is 0 Å². The van der Waals surface area contributed by atoms with Gasteiger partial charge in [-0.3, -0.25) is 4.79 Å². The minimum atomic E-state index is -0.506. The number of carbonyl (C=O) groups excluding carboxylic acids is 1. The van der Waals surface area contributed by atoms with Gasteiger partial charge in [0, 0.05) is 21.1 Å². The van der Waals surface area contributed by atoms with E-state index in [9.17, 15) is 4.79 Å². The van der Waals surface area contributed by atoms with Crippen molar-refractivity contribution in [1.82, 2.24) is 10.2 Å². The normalized spacial score (nSPS) is 13.5. The molecule has 1 atom stereocenters. The number of nitrogens with zero attached hydrogens (tertiary/aromatic N) is 2. The molecule has 0 fully saturated rings. The fourth-order valence-electron chi connectivity index (χ4n) is 0.509. The molecule has 5 nitrogen and oxygen atoms in total. The number of hydrogen-bond donors (Lipinski definition) is 1. The topological polar surface area (TPSA) is 53.9 Å². The number of nitrogens with one attached hydrogen (secondary N) is 1. The van der Waals surface area contributed by atoms with Gasteiger partial charge in [-0.2, -0.15) is 0 Å². The van der Waals surface area contributed by atoms with Gasteiger partial charge in [0.15, 0.2) is 12.4 Å².